The molecule has 0 amide bonds. The highest BCUT2D eigenvalue weighted by Crippen LogP contribution is 2.18. The summed E-state index contributed by atoms with van der Waals surface area (Å²) in [5.74, 6) is 0.227. The second-order valence-electron chi connectivity index (χ2n) is 2.68. The van der Waals surface area contributed by atoms with Gasteiger partial charge in [-0.2, -0.15) is 0 Å². The van der Waals surface area contributed by atoms with Crippen LogP contribution in [0.4, 0.5) is 0 Å². The van der Waals surface area contributed by atoms with Gasteiger partial charge in [0.05, 0.1) is 6.61 Å². The van der Waals surface area contributed by atoms with Crippen molar-refractivity contribution in [2.45, 2.75) is 6.10 Å². The average molecular weight is 215 g/mol. The molecule has 0 saturated carbocycles. The summed E-state index contributed by atoms with van der Waals surface area (Å²) in [6, 6.07) is 0. The largest absolute Gasteiger partial charge is 0.393 e. The standard InChI is InChI=1S/C7H7ClN4O2/c8-5-4-7(10-2-9-5)12-6(11-4)3(14)1-13/h2-3,13-14H,1H2,(H,9,10,11,12)/t3-/m0/s1. The van der Waals surface area contributed by atoms with E-state index in [2.05, 4.69) is 19.9 Å². The van der Waals surface area contributed by atoms with Crippen LogP contribution in [0.2, 0.25) is 5.15 Å². The Morgan fingerprint density at radius 1 is 1.50 bits per heavy atom. The lowest BCUT2D eigenvalue weighted by molar-refractivity contribution is 0.0895. The van der Waals surface area contributed by atoms with Crippen molar-refractivity contribution in [3.63, 3.8) is 0 Å². The van der Waals surface area contributed by atoms with Gasteiger partial charge in [0, 0.05) is 0 Å². The molecule has 2 aromatic heterocycles. The molecule has 0 aliphatic rings. The van der Waals surface area contributed by atoms with Crippen LogP contribution in [0.25, 0.3) is 11.2 Å². The Kier molecular flexibility index (Phi) is 2.32. The van der Waals surface area contributed by atoms with E-state index in [1.54, 1.807) is 0 Å². The lowest BCUT2D eigenvalue weighted by Gasteiger charge is -2.00. The van der Waals surface area contributed by atoms with E-state index in [1.807, 2.05) is 0 Å². The van der Waals surface area contributed by atoms with Gasteiger partial charge >= 0.3 is 0 Å². The Balaban J connectivity index is 2.56. The van der Waals surface area contributed by atoms with Gasteiger partial charge in [-0.1, -0.05) is 11.6 Å². The van der Waals surface area contributed by atoms with Crippen LogP contribution in [-0.4, -0.2) is 36.8 Å². The van der Waals surface area contributed by atoms with Crippen LogP contribution in [0, 0.1) is 0 Å². The molecule has 0 aliphatic carbocycles. The lowest BCUT2D eigenvalue weighted by Crippen LogP contribution is -2.04. The SMILES string of the molecule is OC[C@H](O)c1nc2ncnc(Cl)c2[nH]1. The van der Waals surface area contributed by atoms with Crippen molar-refractivity contribution in [1.82, 2.24) is 19.9 Å². The maximum Gasteiger partial charge on any atom is 0.182 e. The molecule has 0 aliphatic heterocycles. The predicted molar refractivity (Wildman–Crippen MR) is 48.7 cm³/mol. The summed E-state index contributed by atoms with van der Waals surface area (Å²) < 4.78 is 0. The molecule has 0 aromatic carbocycles. The van der Waals surface area contributed by atoms with Gasteiger partial charge in [-0.3, -0.25) is 0 Å². The van der Waals surface area contributed by atoms with E-state index in [1.165, 1.54) is 6.33 Å². The molecule has 1 atom stereocenters. The molecule has 14 heavy (non-hydrogen) atoms. The summed E-state index contributed by atoms with van der Waals surface area (Å²) in [5, 5.41) is 18.2. The summed E-state index contributed by atoms with van der Waals surface area (Å²) in [4.78, 5) is 14.3. The van der Waals surface area contributed by atoms with E-state index in [-0.39, 0.29) is 11.0 Å². The fourth-order valence-corrected chi connectivity index (χ4v) is 1.24. The fourth-order valence-electron chi connectivity index (χ4n) is 1.06. The highest BCUT2D eigenvalue weighted by Gasteiger charge is 2.13. The van der Waals surface area contributed by atoms with Gasteiger partial charge in [0.2, 0.25) is 0 Å². The monoisotopic (exact) mass is 214 g/mol. The van der Waals surface area contributed by atoms with Crippen LogP contribution in [0.3, 0.4) is 0 Å². The minimum atomic E-state index is -1.06. The highest BCUT2D eigenvalue weighted by molar-refractivity contribution is 6.33. The number of H-pyrrole nitrogens is 1. The molecular formula is C7H7ClN4O2. The van der Waals surface area contributed by atoms with Gasteiger partial charge in [0.25, 0.3) is 0 Å². The Bertz CT molecular complexity index is 458. The molecule has 2 aromatic rings. The molecule has 6 nitrogen and oxygen atoms in total. The van der Waals surface area contributed by atoms with Crippen LogP contribution in [0.5, 0.6) is 0 Å². The van der Waals surface area contributed by atoms with Crippen LogP contribution in [0.1, 0.15) is 11.9 Å². The van der Waals surface area contributed by atoms with E-state index in [9.17, 15) is 5.11 Å². The summed E-state index contributed by atoms with van der Waals surface area (Å²) in [5.41, 5.74) is 0.823. The van der Waals surface area contributed by atoms with Crippen molar-refractivity contribution in [3.05, 3.63) is 17.3 Å². The number of halogens is 1. The van der Waals surface area contributed by atoms with Crippen molar-refractivity contribution >= 4 is 22.8 Å². The Morgan fingerprint density at radius 3 is 2.93 bits per heavy atom. The van der Waals surface area contributed by atoms with Gasteiger partial charge in [0.1, 0.15) is 23.8 Å². The Morgan fingerprint density at radius 2 is 2.29 bits per heavy atom. The van der Waals surface area contributed by atoms with Gasteiger partial charge in [0.15, 0.2) is 10.8 Å². The van der Waals surface area contributed by atoms with E-state index >= 15 is 0 Å². The van der Waals surface area contributed by atoms with Crippen LogP contribution in [0.15, 0.2) is 6.33 Å². The molecular weight excluding hydrogens is 208 g/mol. The molecule has 3 N–H and O–H groups in total. The number of aliphatic hydroxyl groups excluding tert-OH is 2. The van der Waals surface area contributed by atoms with E-state index in [0.717, 1.165) is 0 Å². The lowest BCUT2D eigenvalue weighted by atomic mass is 10.4. The number of aromatic amines is 1. The zero-order valence-electron chi connectivity index (χ0n) is 6.98. The van der Waals surface area contributed by atoms with Gasteiger partial charge in [-0.05, 0) is 0 Å². The quantitative estimate of drug-likeness (QED) is 0.614. The Labute approximate surface area is 83.6 Å². The van der Waals surface area contributed by atoms with E-state index in [0.29, 0.717) is 11.2 Å². The van der Waals surface area contributed by atoms with Gasteiger partial charge in [-0.15, -0.1) is 0 Å². The third-order valence-corrected chi connectivity index (χ3v) is 2.04. The second kappa shape index (κ2) is 3.49. The molecule has 0 unspecified atom stereocenters. The van der Waals surface area contributed by atoms with Gasteiger partial charge < -0.3 is 15.2 Å². The van der Waals surface area contributed by atoms with E-state index in [4.69, 9.17) is 16.7 Å². The third kappa shape index (κ3) is 1.43. The number of rotatable bonds is 2. The number of imidazole rings is 1. The minimum Gasteiger partial charge on any atom is -0.393 e. The summed E-state index contributed by atoms with van der Waals surface area (Å²) in [6.45, 7) is -0.412. The number of nitrogens with one attached hydrogen (secondary N) is 1. The van der Waals surface area contributed by atoms with Crippen LogP contribution >= 0.6 is 11.6 Å². The normalized spacial score (nSPS) is 13.4. The first kappa shape index (κ1) is 9.32. The molecule has 0 bridgehead atoms. The van der Waals surface area contributed by atoms with Crippen molar-refractivity contribution in [2.24, 2.45) is 0 Å². The van der Waals surface area contributed by atoms with Crippen LogP contribution in [-0.2, 0) is 0 Å². The summed E-state index contributed by atoms with van der Waals surface area (Å²) in [7, 11) is 0. The molecule has 0 spiro atoms. The van der Waals surface area contributed by atoms with Crippen molar-refractivity contribution < 1.29 is 10.2 Å². The first-order valence-electron chi connectivity index (χ1n) is 3.87. The third-order valence-electron chi connectivity index (χ3n) is 1.75. The number of hydrogen-bond acceptors (Lipinski definition) is 5. The molecule has 7 heteroatoms. The maximum absolute atomic E-state index is 9.29. The molecule has 74 valence electrons. The van der Waals surface area contributed by atoms with E-state index < -0.39 is 12.7 Å². The number of nitrogens with zero attached hydrogens (tertiary/aromatic N) is 3. The predicted octanol–water partition coefficient (Wildman–Crippen LogP) is 0.0320. The molecule has 0 saturated heterocycles. The average Bonchev–Trinajstić information content (AvgIpc) is 2.62. The van der Waals surface area contributed by atoms with Crippen molar-refractivity contribution in [1.29, 1.82) is 0 Å². The molecule has 2 rings (SSSR count). The maximum atomic E-state index is 9.29. The number of aromatic nitrogens is 4. The zero-order valence-corrected chi connectivity index (χ0v) is 7.73. The molecule has 0 radical (unpaired) electrons. The topological polar surface area (TPSA) is 94.9 Å². The summed E-state index contributed by atoms with van der Waals surface area (Å²) in [6.07, 6.45) is 0.223. The minimum absolute atomic E-state index is 0.227. The number of aliphatic hydroxyl groups is 2. The number of fused-ring (bicyclic) bond motifs is 1. The number of hydrogen-bond donors (Lipinski definition) is 3. The van der Waals surface area contributed by atoms with Gasteiger partial charge in [-0.25, -0.2) is 15.0 Å². The second-order valence-corrected chi connectivity index (χ2v) is 3.04. The zero-order chi connectivity index (χ0) is 10.1. The van der Waals surface area contributed by atoms with Crippen molar-refractivity contribution in [2.75, 3.05) is 6.61 Å². The molecule has 2 heterocycles. The van der Waals surface area contributed by atoms with Crippen LogP contribution < -0.4 is 0 Å². The fraction of sp³-hybridized carbons (Fsp3) is 0.286. The first-order valence-corrected chi connectivity index (χ1v) is 4.25. The summed E-state index contributed by atoms with van der Waals surface area (Å²) >= 11 is 5.75. The highest BCUT2D eigenvalue weighted by atomic mass is 35.5. The smallest absolute Gasteiger partial charge is 0.182 e. The Hall–Kier alpha value is -1.24. The molecule has 0 fully saturated rings. The first-order chi connectivity index (χ1) is 6.72. The van der Waals surface area contributed by atoms with Crippen molar-refractivity contribution in [3.8, 4) is 0 Å².